The van der Waals surface area contributed by atoms with Gasteiger partial charge in [0.25, 0.3) is 0 Å². The van der Waals surface area contributed by atoms with Crippen molar-refractivity contribution in [1.82, 2.24) is 5.32 Å². The van der Waals surface area contributed by atoms with Gasteiger partial charge in [-0.25, -0.2) is 0 Å². The Hall–Kier alpha value is -1.02. The van der Waals surface area contributed by atoms with Crippen LogP contribution in [-0.4, -0.2) is 71.1 Å². The van der Waals surface area contributed by atoms with E-state index in [0.29, 0.717) is 52.8 Å². The fourth-order valence-corrected chi connectivity index (χ4v) is 1.65. The van der Waals surface area contributed by atoms with Crippen molar-refractivity contribution >= 4 is 11.7 Å². The van der Waals surface area contributed by atoms with Gasteiger partial charge < -0.3 is 29.1 Å². The first-order chi connectivity index (χ1) is 11.7. The fourth-order valence-electron chi connectivity index (χ4n) is 1.65. The zero-order valence-electron chi connectivity index (χ0n) is 15.1. The van der Waals surface area contributed by atoms with Crippen molar-refractivity contribution in [3.05, 3.63) is 0 Å². The van der Waals surface area contributed by atoms with Crippen LogP contribution in [0.1, 0.15) is 39.5 Å². The first-order valence-electron chi connectivity index (χ1n) is 8.74. The van der Waals surface area contributed by atoms with Gasteiger partial charge in [0.2, 0.25) is 5.91 Å². The number of carbonyl (C=O) groups is 2. The van der Waals surface area contributed by atoms with Gasteiger partial charge >= 0.3 is 0 Å². The Morgan fingerprint density at radius 2 is 1.25 bits per heavy atom. The topological polar surface area (TPSA) is 83.1 Å². The molecule has 0 saturated heterocycles. The molecule has 0 aliphatic carbocycles. The van der Waals surface area contributed by atoms with E-state index < -0.39 is 0 Å². The van der Waals surface area contributed by atoms with Gasteiger partial charge in [0.05, 0.1) is 46.2 Å². The molecule has 24 heavy (non-hydrogen) atoms. The monoisotopic (exact) mass is 347 g/mol. The molecule has 0 fully saturated rings. The predicted octanol–water partition coefficient (Wildman–Crippen LogP) is 1.34. The standard InChI is InChI=1S/C17H33NO6/c1-3-4-8-21-10-12-23-14-15-24-13-11-22-9-7-18-17(20)6-5-16(2)19/h3-15H2,1-2H3,(H,18,20). The second-order valence-corrected chi connectivity index (χ2v) is 5.36. The Morgan fingerprint density at radius 1 is 0.750 bits per heavy atom. The highest BCUT2D eigenvalue weighted by Gasteiger charge is 2.02. The van der Waals surface area contributed by atoms with Crippen molar-refractivity contribution in [2.24, 2.45) is 0 Å². The number of Topliss-reactive ketones (excluding diaryl/α,β-unsaturated/α-hetero) is 1. The van der Waals surface area contributed by atoms with Crippen LogP contribution in [0.15, 0.2) is 0 Å². The maximum Gasteiger partial charge on any atom is 0.220 e. The Morgan fingerprint density at radius 3 is 1.75 bits per heavy atom. The highest BCUT2D eigenvalue weighted by Crippen LogP contribution is 1.90. The van der Waals surface area contributed by atoms with Crippen LogP contribution in [0, 0.1) is 0 Å². The van der Waals surface area contributed by atoms with Gasteiger partial charge in [-0.15, -0.1) is 0 Å². The van der Waals surface area contributed by atoms with E-state index >= 15 is 0 Å². The first-order valence-corrected chi connectivity index (χ1v) is 8.74. The lowest BCUT2D eigenvalue weighted by molar-refractivity contribution is -0.124. The molecule has 7 heteroatoms. The van der Waals surface area contributed by atoms with E-state index in [1.807, 2.05) is 0 Å². The summed E-state index contributed by atoms with van der Waals surface area (Å²) in [5.74, 6) is -0.104. The summed E-state index contributed by atoms with van der Waals surface area (Å²) < 4.78 is 21.4. The Balaban J connectivity index is 3.10. The number of amides is 1. The number of ether oxygens (including phenoxy) is 4. The molecule has 0 spiro atoms. The van der Waals surface area contributed by atoms with Crippen LogP contribution < -0.4 is 5.32 Å². The minimum absolute atomic E-state index is 0.0200. The Kier molecular flexibility index (Phi) is 17.5. The Labute approximate surface area is 145 Å². The lowest BCUT2D eigenvalue weighted by Crippen LogP contribution is -2.27. The molecule has 0 rings (SSSR count). The summed E-state index contributed by atoms with van der Waals surface area (Å²) in [6, 6.07) is 0. The van der Waals surface area contributed by atoms with E-state index in [-0.39, 0.29) is 24.5 Å². The normalized spacial score (nSPS) is 10.8. The molecule has 0 aliphatic rings. The van der Waals surface area contributed by atoms with Crippen LogP contribution in [-0.2, 0) is 28.5 Å². The van der Waals surface area contributed by atoms with Gasteiger partial charge in [-0.1, -0.05) is 13.3 Å². The number of unbranched alkanes of at least 4 members (excludes halogenated alkanes) is 1. The van der Waals surface area contributed by atoms with E-state index in [4.69, 9.17) is 18.9 Å². The van der Waals surface area contributed by atoms with Crippen molar-refractivity contribution < 1.29 is 28.5 Å². The van der Waals surface area contributed by atoms with Crippen molar-refractivity contribution in [1.29, 1.82) is 0 Å². The minimum Gasteiger partial charge on any atom is -0.379 e. The molecule has 7 nitrogen and oxygen atoms in total. The molecule has 0 bridgehead atoms. The molecule has 0 aliphatic heterocycles. The van der Waals surface area contributed by atoms with Crippen LogP contribution in [0.25, 0.3) is 0 Å². The molecule has 0 atom stereocenters. The smallest absolute Gasteiger partial charge is 0.220 e. The number of carbonyl (C=O) groups excluding carboxylic acids is 2. The number of hydrogen-bond donors (Lipinski definition) is 1. The number of rotatable bonds is 18. The summed E-state index contributed by atoms with van der Waals surface area (Å²) in [6.07, 6.45) is 2.75. The molecule has 0 aromatic heterocycles. The van der Waals surface area contributed by atoms with Crippen molar-refractivity contribution in [3.63, 3.8) is 0 Å². The molecule has 0 heterocycles. The third-order valence-electron chi connectivity index (χ3n) is 3.03. The maximum atomic E-state index is 11.3. The minimum atomic E-state index is -0.124. The summed E-state index contributed by atoms with van der Waals surface area (Å²) in [5.41, 5.74) is 0. The molecule has 1 amide bonds. The van der Waals surface area contributed by atoms with Gasteiger partial charge in [0.15, 0.2) is 0 Å². The van der Waals surface area contributed by atoms with E-state index in [0.717, 1.165) is 19.4 Å². The average molecular weight is 347 g/mol. The molecule has 0 unspecified atom stereocenters. The van der Waals surface area contributed by atoms with Gasteiger partial charge in [0, 0.05) is 26.0 Å². The van der Waals surface area contributed by atoms with Crippen LogP contribution in [0.4, 0.5) is 0 Å². The zero-order chi connectivity index (χ0) is 17.9. The van der Waals surface area contributed by atoms with Gasteiger partial charge in [-0.3, -0.25) is 4.79 Å². The van der Waals surface area contributed by atoms with E-state index in [1.54, 1.807) is 0 Å². The van der Waals surface area contributed by atoms with E-state index in [1.165, 1.54) is 6.92 Å². The molecular formula is C17H33NO6. The zero-order valence-corrected chi connectivity index (χ0v) is 15.1. The van der Waals surface area contributed by atoms with E-state index in [2.05, 4.69) is 12.2 Å². The number of hydrogen-bond acceptors (Lipinski definition) is 6. The maximum absolute atomic E-state index is 11.3. The highest BCUT2D eigenvalue weighted by atomic mass is 16.6. The lowest BCUT2D eigenvalue weighted by atomic mass is 10.2. The largest absolute Gasteiger partial charge is 0.379 e. The van der Waals surface area contributed by atoms with Gasteiger partial charge in [-0.2, -0.15) is 0 Å². The van der Waals surface area contributed by atoms with Crippen LogP contribution in [0.3, 0.4) is 0 Å². The molecule has 0 aromatic carbocycles. The molecule has 0 saturated carbocycles. The van der Waals surface area contributed by atoms with E-state index in [9.17, 15) is 9.59 Å². The molecule has 142 valence electrons. The summed E-state index contributed by atoms with van der Waals surface area (Å²) in [5, 5.41) is 2.69. The van der Waals surface area contributed by atoms with Crippen LogP contribution in [0.5, 0.6) is 0 Å². The lowest BCUT2D eigenvalue weighted by Gasteiger charge is -2.08. The van der Waals surface area contributed by atoms with Gasteiger partial charge in [-0.05, 0) is 13.3 Å². The second kappa shape index (κ2) is 18.3. The quantitative estimate of drug-likeness (QED) is 0.377. The summed E-state index contributed by atoms with van der Waals surface area (Å²) in [4.78, 5) is 22.0. The third-order valence-corrected chi connectivity index (χ3v) is 3.03. The van der Waals surface area contributed by atoms with Crippen molar-refractivity contribution in [2.45, 2.75) is 39.5 Å². The summed E-state index contributed by atoms with van der Waals surface area (Å²) >= 11 is 0. The van der Waals surface area contributed by atoms with Crippen LogP contribution in [0.2, 0.25) is 0 Å². The molecule has 0 radical (unpaired) electrons. The molecular weight excluding hydrogens is 314 g/mol. The van der Waals surface area contributed by atoms with Crippen molar-refractivity contribution in [3.8, 4) is 0 Å². The van der Waals surface area contributed by atoms with Crippen LogP contribution >= 0.6 is 0 Å². The third kappa shape index (κ3) is 19.0. The first kappa shape index (κ1) is 23.0. The SMILES string of the molecule is CCCCOCCOCCOCCOCCNC(=O)CCC(C)=O. The summed E-state index contributed by atoms with van der Waals surface area (Å²) in [7, 11) is 0. The number of ketones is 1. The van der Waals surface area contributed by atoms with Gasteiger partial charge in [0.1, 0.15) is 5.78 Å². The second-order valence-electron chi connectivity index (χ2n) is 5.36. The average Bonchev–Trinajstić information content (AvgIpc) is 2.56. The highest BCUT2D eigenvalue weighted by molar-refractivity contribution is 5.83. The predicted molar refractivity (Wildman–Crippen MR) is 91.1 cm³/mol. The molecule has 1 N–H and O–H groups in total. The Bertz CT molecular complexity index is 311. The van der Waals surface area contributed by atoms with Crippen molar-refractivity contribution in [2.75, 3.05) is 59.4 Å². The molecule has 0 aromatic rings. The summed E-state index contributed by atoms with van der Waals surface area (Å²) in [6.45, 7) is 8.54. The number of nitrogens with one attached hydrogen (secondary N) is 1. The fraction of sp³-hybridized carbons (Fsp3) is 0.882.